The molecule has 0 N–H and O–H groups in total. The summed E-state index contributed by atoms with van der Waals surface area (Å²) >= 11 is 0. The third kappa shape index (κ3) is 8.75. The van der Waals surface area contributed by atoms with Crippen molar-refractivity contribution < 1.29 is 23.0 Å². The minimum Gasteiger partial charge on any atom is -0.498 e. The second-order valence-electron chi connectivity index (χ2n) is 8.42. The molecule has 2 aliphatic rings. The molecule has 1 aliphatic carbocycles. The summed E-state index contributed by atoms with van der Waals surface area (Å²) in [5, 5.41) is 0. The van der Waals surface area contributed by atoms with Crippen molar-refractivity contribution in [2.75, 3.05) is 20.3 Å². The molecule has 0 saturated carbocycles. The number of hydrogen-bond acceptors (Lipinski definition) is 3. The van der Waals surface area contributed by atoms with E-state index >= 15 is 0 Å². The number of hydrogen-bond donors (Lipinski definition) is 0. The van der Waals surface area contributed by atoms with Crippen LogP contribution < -0.4 is 0 Å². The van der Waals surface area contributed by atoms with Crippen LogP contribution in [0.3, 0.4) is 0 Å². The summed E-state index contributed by atoms with van der Waals surface area (Å²) in [6, 6.07) is 0. The van der Waals surface area contributed by atoms with Crippen molar-refractivity contribution in [2.45, 2.75) is 98.2 Å². The van der Waals surface area contributed by atoms with E-state index in [-0.39, 0.29) is 23.9 Å². The topological polar surface area (TPSA) is 27.7 Å². The number of methoxy groups -OCH3 is 1. The molecule has 0 bridgehead atoms. The van der Waals surface area contributed by atoms with E-state index in [1.807, 2.05) is 13.8 Å². The van der Waals surface area contributed by atoms with Crippen LogP contribution in [-0.4, -0.2) is 32.5 Å². The van der Waals surface area contributed by atoms with Crippen molar-refractivity contribution in [2.24, 2.45) is 11.8 Å². The summed E-state index contributed by atoms with van der Waals surface area (Å²) < 4.78 is 44.8. The van der Waals surface area contributed by atoms with Crippen LogP contribution >= 0.6 is 0 Å². The van der Waals surface area contributed by atoms with Gasteiger partial charge in [-0.05, 0) is 56.4 Å². The molecule has 4 unspecified atom stereocenters. The molecule has 1 heterocycles. The van der Waals surface area contributed by atoms with Gasteiger partial charge >= 0.3 is 0 Å². The van der Waals surface area contributed by atoms with E-state index in [4.69, 9.17) is 14.2 Å². The van der Waals surface area contributed by atoms with Gasteiger partial charge in [0.05, 0.1) is 25.9 Å². The second kappa shape index (κ2) is 14.1. The Balaban J connectivity index is 0.00000132. The molecule has 4 atom stereocenters. The quantitative estimate of drug-likeness (QED) is 0.395. The lowest BCUT2D eigenvalue weighted by molar-refractivity contribution is -0.0774. The predicted octanol–water partition coefficient (Wildman–Crippen LogP) is 7.27. The lowest BCUT2D eigenvalue weighted by Crippen LogP contribution is -2.30. The Labute approximate surface area is 176 Å². The van der Waals surface area contributed by atoms with Crippen LogP contribution in [0.15, 0.2) is 23.0 Å². The van der Waals surface area contributed by atoms with E-state index < -0.39 is 11.7 Å². The van der Waals surface area contributed by atoms with Gasteiger partial charge in [-0.15, -0.1) is 0 Å². The van der Waals surface area contributed by atoms with Crippen LogP contribution in [0.2, 0.25) is 0 Å². The van der Waals surface area contributed by atoms with Crippen molar-refractivity contribution in [1.82, 2.24) is 0 Å². The maximum atomic E-state index is 14.2. The standard InChI is InChI=1S/C21H34F2O3.C3H8/c1-5-16-8-9-17(26-12-16)13-25-15(3)7-6-14(2)18-10-11-19(24-4)21(23)20(18)22;1-3-2/h14-17H,5-13H2,1-4H3;3H2,1-2H3. The summed E-state index contributed by atoms with van der Waals surface area (Å²) in [5.41, 5.74) is 0.566. The molecular formula is C24H42F2O3. The Morgan fingerprint density at radius 1 is 1.03 bits per heavy atom. The van der Waals surface area contributed by atoms with Gasteiger partial charge in [0.1, 0.15) is 5.76 Å². The number of ether oxygens (including phenoxy) is 3. The van der Waals surface area contributed by atoms with Crippen molar-refractivity contribution in [3.8, 4) is 0 Å². The van der Waals surface area contributed by atoms with Gasteiger partial charge in [0.15, 0.2) is 11.7 Å². The Bertz CT molecular complexity index is 522. The molecule has 0 spiro atoms. The van der Waals surface area contributed by atoms with Crippen LogP contribution in [-0.2, 0) is 14.2 Å². The summed E-state index contributed by atoms with van der Waals surface area (Å²) in [7, 11) is 1.38. The van der Waals surface area contributed by atoms with Gasteiger partial charge in [0.25, 0.3) is 0 Å². The summed E-state index contributed by atoms with van der Waals surface area (Å²) in [6.45, 7) is 11.9. The molecule has 29 heavy (non-hydrogen) atoms. The predicted molar refractivity (Wildman–Crippen MR) is 115 cm³/mol. The molecular weight excluding hydrogens is 374 g/mol. The molecule has 1 fully saturated rings. The maximum Gasteiger partial charge on any atom is 0.196 e. The fourth-order valence-corrected chi connectivity index (χ4v) is 3.71. The van der Waals surface area contributed by atoms with E-state index in [2.05, 4.69) is 20.8 Å². The van der Waals surface area contributed by atoms with Crippen LogP contribution in [0, 0.1) is 11.8 Å². The van der Waals surface area contributed by atoms with Gasteiger partial charge in [-0.25, -0.2) is 8.78 Å². The molecule has 0 radical (unpaired) electrons. The van der Waals surface area contributed by atoms with E-state index in [9.17, 15) is 8.78 Å². The smallest absolute Gasteiger partial charge is 0.196 e. The number of rotatable bonds is 9. The van der Waals surface area contributed by atoms with E-state index in [0.717, 1.165) is 25.9 Å². The number of allylic oxidation sites excluding steroid dienone is 4. The van der Waals surface area contributed by atoms with E-state index in [1.165, 1.54) is 26.4 Å². The van der Waals surface area contributed by atoms with Crippen LogP contribution in [0.4, 0.5) is 8.78 Å². The molecule has 0 aromatic rings. The summed E-state index contributed by atoms with van der Waals surface area (Å²) in [6.07, 6.45) is 7.55. The zero-order valence-electron chi connectivity index (χ0n) is 19.4. The van der Waals surface area contributed by atoms with E-state index in [1.54, 1.807) is 0 Å². The molecule has 2 rings (SSSR count). The third-order valence-corrected chi connectivity index (χ3v) is 5.80. The highest BCUT2D eigenvalue weighted by atomic mass is 19.2. The second-order valence-corrected chi connectivity index (χ2v) is 8.42. The first-order valence-electron chi connectivity index (χ1n) is 11.4. The molecule has 0 amide bonds. The van der Waals surface area contributed by atoms with Crippen molar-refractivity contribution >= 4 is 0 Å². The van der Waals surface area contributed by atoms with Crippen LogP contribution in [0.25, 0.3) is 0 Å². The van der Waals surface area contributed by atoms with Gasteiger partial charge in [0, 0.05) is 13.0 Å². The number of halogens is 2. The van der Waals surface area contributed by atoms with Gasteiger partial charge < -0.3 is 14.2 Å². The Hall–Kier alpha value is -0.940. The Kier molecular flexibility index (Phi) is 12.7. The highest BCUT2D eigenvalue weighted by Gasteiger charge is 2.26. The highest BCUT2D eigenvalue weighted by molar-refractivity contribution is 5.33. The molecule has 0 aromatic carbocycles. The molecule has 170 valence electrons. The summed E-state index contributed by atoms with van der Waals surface area (Å²) in [5.74, 6) is -0.745. The van der Waals surface area contributed by atoms with Crippen LogP contribution in [0.1, 0.15) is 86.0 Å². The third-order valence-electron chi connectivity index (χ3n) is 5.80. The SMILES string of the molecule is CCC.CCC1CCC(COC(C)CCC(C)C2=C(F)C(F)=C(OC)CC2)OC1. The molecule has 5 heteroatoms. The minimum absolute atomic E-state index is 0.00134. The molecule has 3 nitrogen and oxygen atoms in total. The molecule has 1 aliphatic heterocycles. The fraction of sp³-hybridized carbons (Fsp3) is 0.833. The fourth-order valence-electron chi connectivity index (χ4n) is 3.71. The summed E-state index contributed by atoms with van der Waals surface area (Å²) in [4.78, 5) is 0. The first-order chi connectivity index (χ1) is 13.9. The average Bonchev–Trinajstić information content (AvgIpc) is 2.73. The Morgan fingerprint density at radius 2 is 1.72 bits per heavy atom. The van der Waals surface area contributed by atoms with Crippen molar-refractivity contribution in [1.29, 1.82) is 0 Å². The highest BCUT2D eigenvalue weighted by Crippen LogP contribution is 2.37. The maximum absolute atomic E-state index is 14.2. The largest absolute Gasteiger partial charge is 0.498 e. The van der Waals surface area contributed by atoms with Crippen LogP contribution in [0.5, 0.6) is 0 Å². The lowest BCUT2D eigenvalue weighted by atomic mass is 9.88. The zero-order chi connectivity index (χ0) is 21.8. The van der Waals surface area contributed by atoms with Gasteiger partial charge in [-0.1, -0.05) is 40.5 Å². The van der Waals surface area contributed by atoms with Crippen molar-refractivity contribution in [3.05, 3.63) is 23.0 Å². The molecule has 1 saturated heterocycles. The minimum atomic E-state index is -0.829. The average molecular weight is 417 g/mol. The van der Waals surface area contributed by atoms with Crippen molar-refractivity contribution in [3.63, 3.8) is 0 Å². The Morgan fingerprint density at radius 3 is 2.28 bits per heavy atom. The zero-order valence-corrected chi connectivity index (χ0v) is 19.4. The first-order valence-corrected chi connectivity index (χ1v) is 11.4. The molecule has 0 aromatic heterocycles. The normalized spacial score (nSPS) is 24.7. The van der Waals surface area contributed by atoms with Gasteiger partial charge in [-0.2, -0.15) is 0 Å². The van der Waals surface area contributed by atoms with E-state index in [0.29, 0.717) is 30.9 Å². The lowest BCUT2D eigenvalue weighted by Gasteiger charge is -2.29. The van der Waals surface area contributed by atoms with Gasteiger partial charge in [0.2, 0.25) is 0 Å². The van der Waals surface area contributed by atoms with Gasteiger partial charge in [-0.3, -0.25) is 0 Å². The monoisotopic (exact) mass is 416 g/mol. The first kappa shape index (κ1) is 26.1.